The van der Waals surface area contributed by atoms with Crippen LogP contribution in [-0.4, -0.2) is 65.7 Å². The minimum Gasteiger partial charge on any atom is -0.392 e. The van der Waals surface area contributed by atoms with E-state index < -0.39 is 0 Å². The van der Waals surface area contributed by atoms with E-state index in [2.05, 4.69) is 27.7 Å². The number of nitrogens with zero attached hydrogens (tertiary/aromatic N) is 2. The predicted octanol–water partition coefficient (Wildman–Crippen LogP) is 0.115. The van der Waals surface area contributed by atoms with Gasteiger partial charge < -0.3 is 15.3 Å². The molecular weight excluding hydrogens is 274 g/mol. The molecule has 2 N–H and O–H groups in total. The molecule has 2 fully saturated rings. The Morgan fingerprint density at radius 3 is 2.80 bits per heavy atom. The smallest absolute Gasteiger partial charge is 0.239 e. The van der Waals surface area contributed by atoms with E-state index in [4.69, 9.17) is 0 Å². The first kappa shape index (κ1) is 14.0. The Morgan fingerprint density at radius 1 is 1.40 bits per heavy atom. The minimum atomic E-state index is -0.371. The molecule has 1 aromatic heterocycles. The molecule has 2 aliphatic rings. The van der Waals surface area contributed by atoms with Gasteiger partial charge in [-0.15, -0.1) is 11.3 Å². The number of aliphatic hydroxyl groups excluding tert-OH is 1. The van der Waals surface area contributed by atoms with Crippen molar-refractivity contribution in [2.24, 2.45) is 0 Å². The highest BCUT2D eigenvalue weighted by atomic mass is 32.1. The average molecular weight is 295 g/mol. The number of carbonyl (C=O) groups is 1. The van der Waals surface area contributed by atoms with Crippen molar-refractivity contribution in [2.45, 2.75) is 25.1 Å². The van der Waals surface area contributed by atoms with Crippen molar-refractivity contribution >= 4 is 17.2 Å². The van der Waals surface area contributed by atoms with Crippen LogP contribution < -0.4 is 5.32 Å². The predicted molar refractivity (Wildman–Crippen MR) is 78.6 cm³/mol. The van der Waals surface area contributed by atoms with E-state index in [0.29, 0.717) is 13.0 Å². The molecule has 1 aromatic rings. The highest BCUT2D eigenvalue weighted by molar-refractivity contribution is 7.09. The second-order valence-corrected chi connectivity index (χ2v) is 6.56. The van der Waals surface area contributed by atoms with Gasteiger partial charge in [0.2, 0.25) is 5.91 Å². The number of thiophene rings is 1. The van der Waals surface area contributed by atoms with Gasteiger partial charge >= 0.3 is 0 Å². The van der Waals surface area contributed by atoms with Crippen molar-refractivity contribution in [3.8, 4) is 0 Å². The van der Waals surface area contributed by atoms with Crippen LogP contribution in [0.2, 0.25) is 0 Å². The molecule has 0 aliphatic carbocycles. The van der Waals surface area contributed by atoms with Gasteiger partial charge in [0.05, 0.1) is 12.1 Å². The lowest BCUT2D eigenvalue weighted by Gasteiger charge is -2.35. The molecule has 0 spiro atoms. The van der Waals surface area contributed by atoms with Gasteiger partial charge in [0.15, 0.2) is 0 Å². The fraction of sp³-hybridized carbons (Fsp3) is 0.643. The summed E-state index contributed by atoms with van der Waals surface area (Å²) in [5.74, 6) is 0.150. The molecule has 0 unspecified atom stereocenters. The lowest BCUT2D eigenvalue weighted by atomic mass is 10.1. The molecule has 20 heavy (non-hydrogen) atoms. The third-order valence-electron chi connectivity index (χ3n) is 4.05. The molecule has 110 valence electrons. The number of carbonyl (C=O) groups excluding carboxylic acids is 1. The molecule has 5 nitrogen and oxygen atoms in total. The molecule has 6 heteroatoms. The van der Waals surface area contributed by atoms with E-state index in [9.17, 15) is 9.90 Å². The van der Waals surface area contributed by atoms with Crippen LogP contribution in [0.15, 0.2) is 17.5 Å². The lowest BCUT2D eigenvalue weighted by molar-refractivity contribution is -0.135. The third kappa shape index (κ3) is 3.20. The van der Waals surface area contributed by atoms with Crippen LogP contribution in [0.1, 0.15) is 11.3 Å². The standard InChI is InChI=1S/C14H21N3O2S/c18-11-8-13(15-9-11)14(19)17-5-3-16(4-6-17)10-12-2-1-7-20-12/h1-2,7,11,13,15,18H,3-6,8-10H2/t11-,13-/m1/s1. The Kier molecular flexibility index (Phi) is 4.35. The zero-order chi connectivity index (χ0) is 13.9. The van der Waals surface area contributed by atoms with Crippen LogP contribution in [-0.2, 0) is 11.3 Å². The largest absolute Gasteiger partial charge is 0.392 e. The maximum absolute atomic E-state index is 12.3. The maximum atomic E-state index is 12.3. The van der Waals surface area contributed by atoms with Crippen molar-refractivity contribution in [3.63, 3.8) is 0 Å². The molecule has 3 heterocycles. The second kappa shape index (κ2) is 6.22. The van der Waals surface area contributed by atoms with Crippen molar-refractivity contribution in [3.05, 3.63) is 22.4 Å². The second-order valence-electron chi connectivity index (χ2n) is 5.53. The number of β-amino-alcohol motifs (C(OH)–C–C–N with tert-alkyl or cyclic N) is 1. The summed E-state index contributed by atoms with van der Waals surface area (Å²) in [5, 5.41) is 14.7. The Labute approximate surface area is 123 Å². The SMILES string of the molecule is O=C([C@H]1C[C@@H](O)CN1)N1CCN(Cc2cccs2)CC1. The summed E-state index contributed by atoms with van der Waals surface area (Å²) in [5.41, 5.74) is 0. The first-order chi connectivity index (χ1) is 9.72. The number of rotatable bonds is 3. The minimum absolute atomic E-state index is 0.150. The normalized spacial score (nSPS) is 27.9. The zero-order valence-corrected chi connectivity index (χ0v) is 12.3. The van der Waals surface area contributed by atoms with Crippen LogP contribution in [0.4, 0.5) is 0 Å². The maximum Gasteiger partial charge on any atom is 0.239 e. The van der Waals surface area contributed by atoms with Crippen molar-refractivity contribution in [2.75, 3.05) is 32.7 Å². The topological polar surface area (TPSA) is 55.8 Å². The summed E-state index contributed by atoms with van der Waals surface area (Å²) in [6.45, 7) is 4.96. The van der Waals surface area contributed by atoms with Crippen LogP contribution in [0.5, 0.6) is 0 Å². The zero-order valence-electron chi connectivity index (χ0n) is 11.5. The van der Waals surface area contributed by atoms with Crippen LogP contribution in [0.25, 0.3) is 0 Å². The fourth-order valence-electron chi connectivity index (χ4n) is 2.87. The van der Waals surface area contributed by atoms with E-state index in [1.165, 1.54) is 4.88 Å². The number of hydrogen-bond acceptors (Lipinski definition) is 5. The molecule has 0 saturated carbocycles. The van der Waals surface area contributed by atoms with Gasteiger partial charge in [0, 0.05) is 44.1 Å². The van der Waals surface area contributed by atoms with Gasteiger partial charge in [-0.3, -0.25) is 9.69 Å². The monoisotopic (exact) mass is 295 g/mol. The van der Waals surface area contributed by atoms with Gasteiger partial charge in [0.1, 0.15) is 0 Å². The molecule has 1 amide bonds. The van der Waals surface area contributed by atoms with Crippen LogP contribution in [0, 0.1) is 0 Å². The Hall–Kier alpha value is -0.950. The number of aliphatic hydroxyl groups is 1. The summed E-state index contributed by atoms with van der Waals surface area (Å²) in [6.07, 6.45) is 0.179. The molecule has 0 aromatic carbocycles. The van der Waals surface area contributed by atoms with Crippen LogP contribution >= 0.6 is 11.3 Å². The van der Waals surface area contributed by atoms with E-state index in [1.54, 1.807) is 11.3 Å². The Balaban J connectivity index is 1.47. The van der Waals surface area contributed by atoms with Crippen molar-refractivity contribution in [1.82, 2.24) is 15.1 Å². The molecule has 0 bridgehead atoms. The molecule has 0 radical (unpaired) electrons. The van der Waals surface area contributed by atoms with Gasteiger partial charge in [-0.05, 0) is 17.9 Å². The summed E-state index contributed by atoms with van der Waals surface area (Å²) in [6, 6.07) is 4.05. The Bertz CT molecular complexity index is 443. The van der Waals surface area contributed by atoms with E-state index in [0.717, 1.165) is 32.7 Å². The van der Waals surface area contributed by atoms with Gasteiger partial charge in [-0.1, -0.05) is 6.07 Å². The quantitative estimate of drug-likeness (QED) is 0.831. The summed E-state index contributed by atoms with van der Waals surface area (Å²) in [4.78, 5) is 18.0. The molecular formula is C14H21N3O2S. The average Bonchev–Trinajstić information content (AvgIpc) is 3.10. The van der Waals surface area contributed by atoms with Gasteiger partial charge in [-0.2, -0.15) is 0 Å². The van der Waals surface area contributed by atoms with E-state index in [-0.39, 0.29) is 18.1 Å². The summed E-state index contributed by atoms with van der Waals surface area (Å²) in [7, 11) is 0. The van der Waals surface area contributed by atoms with Gasteiger partial charge in [0.25, 0.3) is 0 Å². The highest BCUT2D eigenvalue weighted by Gasteiger charge is 2.32. The first-order valence-electron chi connectivity index (χ1n) is 7.17. The van der Waals surface area contributed by atoms with Crippen molar-refractivity contribution < 1.29 is 9.90 Å². The molecule has 2 saturated heterocycles. The van der Waals surface area contributed by atoms with Crippen molar-refractivity contribution in [1.29, 1.82) is 0 Å². The Morgan fingerprint density at radius 2 is 2.20 bits per heavy atom. The first-order valence-corrected chi connectivity index (χ1v) is 8.05. The third-order valence-corrected chi connectivity index (χ3v) is 4.91. The fourth-order valence-corrected chi connectivity index (χ4v) is 3.62. The molecule has 3 rings (SSSR count). The van der Waals surface area contributed by atoms with Gasteiger partial charge in [-0.25, -0.2) is 0 Å². The van der Waals surface area contributed by atoms with E-state index >= 15 is 0 Å². The summed E-state index contributed by atoms with van der Waals surface area (Å²) < 4.78 is 0. The molecule has 2 atom stereocenters. The number of nitrogens with one attached hydrogen (secondary N) is 1. The lowest BCUT2D eigenvalue weighted by Crippen LogP contribution is -2.52. The van der Waals surface area contributed by atoms with Crippen LogP contribution in [0.3, 0.4) is 0 Å². The number of hydrogen-bond donors (Lipinski definition) is 2. The summed E-state index contributed by atoms with van der Waals surface area (Å²) >= 11 is 1.78. The van der Waals surface area contributed by atoms with E-state index in [1.807, 2.05) is 4.90 Å². The molecule has 2 aliphatic heterocycles. The highest BCUT2D eigenvalue weighted by Crippen LogP contribution is 2.15. The number of piperazine rings is 1. The number of amides is 1.